The van der Waals surface area contributed by atoms with Crippen LogP contribution in [0.25, 0.3) is 0 Å². The standard InChI is InChI=1S/C12H18N2O/c1-4-8-14(5-2)12-9-11(10(3)15)6-7-13-12/h4,6-7,9-10,15H,1,5,8H2,2-3H3/t10-/m1/s1. The molecule has 1 rings (SSSR count). The first kappa shape index (κ1) is 11.7. The first-order valence-electron chi connectivity index (χ1n) is 5.19. The molecule has 3 heteroatoms. The molecule has 1 atom stereocenters. The number of aliphatic hydroxyl groups is 1. The Kier molecular flexibility index (Phi) is 4.31. The Bertz CT molecular complexity index is 323. The molecule has 0 aromatic carbocycles. The van der Waals surface area contributed by atoms with Gasteiger partial charge in [-0.3, -0.25) is 0 Å². The average Bonchev–Trinajstić information content (AvgIpc) is 2.26. The van der Waals surface area contributed by atoms with E-state index < -0.39 is 6.10 Å². The van der Waals surface area contributed by atoms with Gasteiger partial charge in [0.15, 0.2) is 0 Å². The summed E-state index contributed by atoms with van der Waals surface area (Å²) < 4.78 is 0. The Morgan fingerprint density at radius 1 is 1.67 bits per heavy atom. The molecule has 0 fully saturated rings. The molecule has 1 aromatic rings. The summed E-state index contributed by atoms with van der Waals surface area (Å²) in [6.07, 6.45) is 3.12. The lowest BCUT2D eigenvalue weighted by atomic mass is 10.1. The lowest BCUT2D eigenvalue weighted by molar-refractivity contribution is 0.199. The van der Waals surface area contributed by atoms with Crippen LogP contribution in [0.5, 0.6) is 0 Å². The van der Waals surface area contributed by atoms with Gasteiger partial charge in [-0.25, -0.2) is 4.98 Å². The van der Waals surface area contributed by atoms with Crippen molar-refractivity contribution in [3.8, 4) is 0 Å². The highest BCUT2D eigenvalue weighted by Gasteiger charge is 2.06. The minimum absolute atomic E-state index is 0.450. The third-order valence-electron chi connectivity index (χ3n) is 2.31. The second-order valence-electron chi connectivity index (χ2n) is 3.45. The predicted molar refractivity (Wildman–Crippen MR) is 63.0 cm³/mol. The summed E-state index contributed by atoms with van der Waals surface area (Å²) in [6.45, 7) is 9.18. The van der Waals surface area contributed by atoms with Crippen molar-refractivity contribution in [3.63, 3.8) is 0 Å². The molecule has 1 heterocycles. The Morgan fingerprint density at radius 2 is 2.40 bits per heavy atom. The van der Waals surface area contributed by atoms with Crippen LogP contribution in [0, 0.1) is 0 Å². The van der Waals surface area contributed by atoms with E-state index in [1.54, 1.807) is 13.1 Å². The molecule has 0 bridgehead atoms. The second kappa shape index (κ2) is 5.51. The second-order valence-corrected chi connectivity index (χ2v) is 3.45. The number of rotatable bonds is 5. The average molecular weight is 206 g/mol. The van der Waals surface area contributed by atoms with Gasteiger partial charge in [-0.1, -0.05) is 6.08 Å². The fourth-order valence-corrected chi connectivity index (χ4v) is 1.41. The van der Waals surface area contributed by atoms with Gasteiger partial charge in [-0.05, 0) is 31.5 Å². The van der Waals surface area contributed by atoms with Crippen LogP contribution >= 0.6 is 0 Å². The molecular formula is C12H18N2O. The van der Waals surface area contributed by atoms with E-state index in [-0.39, 0.29) is 0 Å². The SMILES string of the molecule is C=CCN(CC)c1cc([C@@H](C)O)ccn1. The maximum Gasteiger partial charge on any atom is 0.129 e. The van der Waals surface area contributed by atoms with E-state index in [1.165, 1.54) is 0 Å². The number of aliphatic hydroxyl groups excluding tert-OH is 1. The van der Waals surface area contributed by atoms with Crippen LogP contribution in [0.1, 0.15) is 25.5 Å². The number of likely N-dealkylation sites (N-methyl/N-ethyl adjacent to an activating group) is 1. The Labute approximate surface area is 91.1 Å². The lowest BCUT2D eigenvalue weighted by Crippen LogP contribution is -2.23. The normalized spacial score (nSPS) is 12.2. The summed E-state index contributed by atoms with van der Waals surface area (Å²) >= 11 is 0. The zero-order chi connectivity index (χ0) is 11.3. The molecule has 3 nitrogen and oxygen atoms in total. The Morgan fingerprint density at radius 3 is 2.93 bits per heavy atom. The zero-order valence-corrected chi connectivity index (χ0v) is 9.35. The topological polar surface area (TPSA) is 36.4 Å². The van der Waals surface area contributed by atoms with Crippen molar-refractivity contribution < 1.29 is 5.11 Å². The lowest BCUT2D eigenvalue weighted by Gasteiger charge is -2.20. The Hall–Kier alpha value is -1.35. The van der Waals surface area contributed by atoms with Gasteiger partial charge in [0.2, 0.25) is 0 Å². The summed E-state index contributed by atoms with van der Waals surface area (Å²) in [6, 6.07) is 3.74. The van der Waals surface area contributed by atoms with Gasteiger partial charge in [0, 0.05) is 19.3 Å². The van der Waals surface area contributed by atoms with Gasteiger partial charge in [0.25, 0.3) is 0 Å². The van der Waals surface area contributed by atoms with Crippen molar-refractivity contribution in [3.05, 3.63) is 36.5 Å². The molecule has 1 N–H and O–H groups in total. The zero-order valence-electron chi connectivity index (χ0n) is 9.35. The van der Waals surface area contributed by atoms with E-state index in [2.05, 4.69) is 23.4 Å². The van der Waals surface area contributed by atoms with Gasteiger partial charge >= 0.3 is 0 Å². The monoisotopic (exact) mass is 206 g/mol. The smallest absolute Gasteiger partial charge is 0.129 e. The number of aromatic nitrogens is 1. The molecule has 0 saturated carbocycles. The maximum absolute atomic E-state index is 9.47. The third-order valence-corrected chi connectivity index (χ3v) is 2.31. The molecule has 0 aliphatic carbocycles. The van der Waals surface area contributed by atoms with E-state index in [0.717, 1.165) is 24.5 Å². The molecule has 1 aromatic heterocycles. The molecule has 0 unspecified atom stereocenters. The van der Waals surface area contributed by atoms with Crippen molar-refractivity contribution in [1.29, 1.82) is 0 Å². The number of pyridine rings is 1. The molecule has 0 spiro atoms. The van der Waals surface area contributed by atoms with E-state index in [9.17, 15) is 5.11 Å². The van der Waals surface area contributed by atoms with Crippen LogP contribution in [0.2, 0.25) is 0 Å². The molecular weight excluding hydrogens is 188 g/mol. The maximum atomic E-state index is 9.47. The first-order chi connectivity index (χ1) is 7.19. The van der Waals surface area contributed by atoms with Crippen LogP contribution in [0.4, 0.5) is 5.82 Å². The highest BCUT2D eigenvalue weighted by atomic mass is 16.3. The van der Waals surface area contributed by atoms with E-state index >= 15 is 0 Å². The van der Waals surface area contributed by atoms with Crippen molar-refractivity contribution >= 4 is 5.82 Å². The highest BCUT2D eigenvalue weighted by molar-refractivity contribution is 5.42. The van der Waals surface area contributed by atoms with Crippen LogP contribution in [-0.2, 0) is 0 Å². The molecule has 0 aliphatic rings. The van der Waals surface area contributed by atoms with Gasteiger partial charge < -0.3 is 10.0 Å². The number of nitrogens with zero attached hydrogens (tertiary/aromatic N) is 2. The van der Waals surface area contributed by atoms with Gasteiger partial charge in [0.1, 0.15) is 5.82 Å². The van der Waals surface area contributed by atoms with Gasteiger partial charge in [0.05, 0.1) is 6.10 Å². The number of hydrogen-bond acceptors (Lipinski definition) is 3. The summed E-state index contributed by atoms with van der Waals surface area (Å²) in [5, 5.41) is 9.47. The molecule has 15 heavy (non-hydrogen) atoms. The minimum atomic E-state index is -0.450. The summed E-state index contributed by atoms with van der Waals surface area (Å²) in [4.78, 5) is 6.37. The van der Waals surface area contributed by atoms with Crippen molar-refractivity contribution in [1.82, 2.24) is 4.98 Å². The number of hydrogen-bond donors (Lipinski definition) is 1. The van der Waals surface area contributed by atoms with Crippen molar-refractivity contribution in [2.45, 2.75) is 20.0 Å². The third kappa shape index (κ3) is 3.06. The van der Waals surface area contributed by atoms with Crippen LogP contribution in [0.15, 0.2) is 31.0 Å². The van der Waals surface area contributed by atoms with Crippen LogP contribution < -0.4 is 4.90 Å². The minimum Gasteiger partial charge on any atom is -0.389 e. The predicted octanol–water partition coefficient (Wildman–Crippen LogP) is 2.15. The van der Waals surface area contributed by atoms with Crippen molar-refractivity contribution in [2.75, 3.05) is 18.0 Å². The molecule has 0 aliphatic heterocycles. The molecule has 82 valence electrons. The highest BCUT2D eigenvalue weighted by Crippen LogP contribution is 2.17. The number of anilines is 1. The van der Waals surface area contributed by atoms with Gasteiger partial charge in [-0.2, -0.15) is 0 Å². The molecule has 0 saturated heterocycles. The van der Waals surface area contributed by atoms with Crippen LogP contribution in [0.3, 0.4) is 0 Å². The van der Waals surface area contributed by atoms with E-state index in [0.29, 0.717) is 0 Å². The summed E-state index contributed by atoms with van der Waals surface area (Å²) in [7, 11) is 0. The van der Waals surface area contributed by atoms with Crippen LogP contribution in [-0.4, -0.2) is 23.2 Å². The van der Waals surface area contributed by atoms with Gasteiger partial charge in [-0.15, -0.1) is 6.58 Å². The quantitative estimate of drug-likeness (QED) is 0.750. The molecule has 0 radical (unpaired) electrons. The van der Waals surface area contributed by atoms with Crippen molar-refractivity contribution in [2.24, 2.45) is 0 Å². The molecule has 0 amide bonds. The van der Waals surface area contributed by atoms with E-state index in [4.69, 9.17) is 0 Å². The largest absolute Gasteiger partial charge is 0.389 e. The fraction of sp³-hybridized carbons (Fsp3) is 0.417. The Balaban J connectivity index is 2.92. The fourth-order valence-electron chi connectivity index (χ4n) is 1.41. The first-order valence-corrected chi connectivity index (χ1v) is 5.19. The summed E-state index contributed by atoms with van der Waals surface area (Å²) in [5.41, 5.74) is 0.891. The summed E-state index contributed by atoms with van der Waals surface area (Å²) in [5.74, 6) is 0.885. The van der Waals surface area contributed by atoms with E-state index in [1.807, 2.05) is 18.2 Å².